The van der Waals surface area contributed by atoms with Crippen LogP contribution in [0.25, 0.3) is 0 Å². The van der Waals surface area contributed by atoms with Crippen LogP contribution in [0.2, 0.25) is 0 Å². The normalized spacial score (nSPS) is 10.2. The van der Waals surface area contributed by atoms with Gasteiger partial charge in [0.05, 0.1) is 17.9 Å². The molecule has 1 aromatic rings. The summed E-state index contributed by atoms with van der Waals surface area (Å²) >= 11 is 1.16. The summed E-state index contributed by atoms with van der Waals surface area (Å²) in [6.45, 7) is 8.98. The van der Waals surface area contributed by atoms with Crippen LogP contribution >= 0.6 is 11.8 Å². The lowest BCUT2D eigenvalue weighted by Crippen LogP contribution is -2.32. The number of thioether (sulfide) groups is 1. The molecule has 0 spiro atoms. The van der Waals surface area contributed by atoms with Gasteiger partial charge in [0, 0.05) is 25.7 Å². The highest BCUT2D eigenvalue weighted by Gasteiger charge is 2.12. The topological polar surface area (TPSA) is 95.2 Å². The second-order valence-corrected chi connectivity index (χ2v) is 5.63. The number of carbonyl (C=O) groups excluding carboxylic acids is 2. The monoisotopic (exact) mass is 338 g/mol. The summed E-state index contributed by atoms with van der Waals surface area (Å²) in [5, 5.41) is 2.96. The molecule has 0 aliphatic rings. The van der Waals surface area contributed by atoms with E-state index in [0.29, 0.717) is 30.5 Å². The standard InChI is InChI=1S/C15H22N4O3S/c1-4-7-16-12(20)8-11-9-13(21)18-15(17-11)23-10-14(22)19(5-2)6-3/h4,9H,1,5-8,10H2,2-3H3,(H,16,20)(H,17,18,21). The van der Waals surface area contributed by atoms with Crippen molar-refractivity contribution in [2.24, 2.45) is 0 Å². The molecule has 23 heavy (non-hydrogen) atoms. The molecule has 8 heteroatoms. The molecule has 1 aromatic heterocycles. The molecule has 2 N–H and O–H groups in total. The van der Waals surface area contributed by atoms with Crippen molar-refractivity contribution < 1.29 is 9.59 Å². The molecule has 1 rings (SSSR count). The molecular weight excluding hydrogens is 316 g/mol. The SMILES string of the molecule is C=CCNC(=O)Cc1cc(=O)[nH]c(SCC(=O)N(CC)CC)n1. The van der Waals surface area contributed by atoms with Crippen molar-refractivity contribution in [2.75, 3.05) is 25.4 Å². The molecule has 7 nitrogen and oxygen atoms in total. The van der Waals surface area contributed by atoms with Gasteiger partial charge in [-0.15, -0.1) is 6.58 Å². The van der Waals surface area contributed by atoms with Crippen LogP contribution in [-0.2, 0) is 16.0 Å². The lowest BCUT2D eigenvalue weighted by Gasteiger charge is -2.17. The van der Waals surface area contributed by atoms with Crippen molar-refractivity contribution in [3.8, 4) is 0 Å². The molecule has 0 aromatic carbocycles. The molecular formula is C15H22N4O3S. The van der Waals surface area contributed by atoms with Crippen molar-refractivity contribution in [1.29, 1.82) is 0 Å². The van der Waals surface area contributed by atoms with Gasteiger partial charge in [0.15, 0.2) is 5.16 Å². The van der Waals surface area contributed by atoms with Crippen LogP contribution in [0.3, 0.4) is 0 Å². The van der Waals surface area contributed by atoms with E-state index in [1.807, 2.05) is 13.8 Å². The molecule has 0 aliphatic heterocycles. The minimum atomic E-state index is -0.343. The van der Waals surface area contributed by atoms with Gasteiger partial charge < -0.3 is 15.2 Å². The zero-order valence-corrected chi connectivity index (χ0v) is 14.2. The van der Waals surface area contributed by atoms with Crippen LogP contribution in [0.5, 0.6) is 0 Å². The van der Waals surface area contributed by atoms with Crippen molar-refractivity contribution in [3.63, 3.8) is 0 Å². The summed E-state index contributed by atoms with van der Waals surface area (Å²) in [5.41, 5.74) is 0.0254. The third-order valence-corrected chi connectivity index (χ3v) is 3.86. The second-order valence-electron chi connectivity index (χ2n) is 4.67. The first-order chi connectivity index (χ1) is 11.0. The number of amides is 2. The highest BCUT2D eigenvalue weighted by Crippen LogP contribution is 2.12. The van der Waals surface area contributed by atoms with Crippen LogP contribution in [-0.4, -0.2) is 52.1 Å². The van der Waals surface area contributed by atoms with Gasteiger partial charge in [-0.05, 0) is 13.8 Å². The van der Waals surface area contributed by atoms with Gasteiger partial charge in [-0.3, -0.25) is 14.4 Å². The number of nitrogens with zero attached hydrogens (tertiary/aromatic N) is 2. The minimum absolute atomic E-state index is 0.00924. The Kier molecular flexibility index (Phi) is 8.10. The van der Waals surface area contributed by atoms with E-state index in [1.165, 1.54) is 6.07 Å². The molecule has 0 atom stereocenters. The first kappa shape index (κ1) is 19.0. The summed E-state index contributed by atoms with van der Waals surface area (Å²) in [7, 11) is 0. The van der Waals surface area contributed by atoms with Crippen LogP contribution < -0.4 is 10.9 Å². The molecule has 1 heterocycles. The smallest absolute Gasteiger partial charge is 0.251 e. The Morgan fingerprint density at radius 3 is 2.74 bits per heavy atom. The number of H-pyrrole nitrogens is 1. The Hall–Kier alpha value is -2.09. The van der Waals surface area contributed by atoms with E-state index in [-0.39, 0.29) is 29.5 Å². The average Bonchev–Trinajstić information content (AvgIpc) is 2.51. The number of rotatable bonds is 9. The number of aromatic amines is 1. The maximum Gasteiger partial charge on any atom is 0.251 e. The molecule has 0 saturated carbocycles. The Morgan fingerprint density at radius 2 is 2.13 bits per heavy atom. The molecule has 126 valence electrons. The second kappa shape index (κ2) is 9.83. The first-order valence-electron chi connectivity index (χ1n) is 7.38. The summed E-state index contributed by atoms with van der Waals surface area (Å²) in [5.74, 6) is -0.0635. The molecule has 0 bridgehead atoms. The van der Waals surface area contributed by atoms with E-state index in [0.717, 1.165) is 11.8 Å². The summed E-state index contributed by atoms with van der Waals surface area (Å²) in [6, 6.07) is 1.28. The third kappa shape index (κ3) is 6.68. The zero-order chi connectivity index (χ0) is 17.2. The fourth-order valence-electron chi connectivity index (χ4n) is 1.85. The third-order valence-electron chi connectivity index (χ3n) is 3.01. The van der Waals surface area contributed by atoms with Crippen molar-refractivity contribution in [3.05, 3.63) is 34.8 Å². The van der Waals surface area contributed by atoms with Crippen molar-refractivity contribution in [1.82, 2.24) is 20.2 Å². The maximum absolute atomic E-state index is 12.0. The molecule has 0 fully saturated rings. The molecule has 0 unspecified atom stereocenters. The first-order valence-corrected chi connectivity index (χ1v) is 8.37. The summed E-state index contributed by atoms with van der Waals surface area (Å²) in [4.78, 5) is 43.7. The molecule has 0 aliphatic carbocycles. The number of hydrogen-bond donors (Lipinski definition) is 2. The largest absolute Gasteiger partial charge is 0.352 e. The van der Waals surface area contributed by atoms with Crippen molar-refractivity contribution in [2.45, 2.75) is 25.4 Å². The quantitative estimate of drug-likeness (QED) is 0.390. The predicted molar refractivity (Wildman–Crippen MR) is 90.4 cm³/mol. The van der Waals surface area contributed by atoms with Gasteiger partial charge in [0.1, 0.15) is 0 Å². The van der Waals surface area contributed by atoms with Gasteiger partial charge in [-0.2, -0.15) is 0 Å². The van der Waals surface area contributed by atoms with Crippen molar-refractivity contribution >= 4 is 23.6 Å². The van der Waals surface area contributed by atoms with Gasteiger partial charge in [-0.1, -0.05) is 17.8 Å². The average molecular weight is 338 g/mol. The van der Waals surface area contributed by atoms with Gasteiger partial charge >= 0.3 is 0 Å². The number of hydrogen-bond acceptors (Lipinski definition) is 5. The highest BCUT2D eigenvalue weighted by atomic mass is 32.2. The Bertz CT molecular complexity index is 611. The van der Waals surface area contributed by atoms with E-state index < -0.39 is 0 Å². The zero-order valence-electron chi connectivity index (χ0n) is 13.4. The molecule has 2 amide bonds. The Balaban J connectivity index is 2.70. The fraction of sp³-hybridized carbons (Fsp3) is 0.467. The number of aromatic nitrogens is 2. The Labute approximate surface area is 139 Å². The van der Waals surface area contributed by atoms with Crippen LogP contribution in [0, 0.1) is 0 Å². The lowest BCUT2D eigenvalue weighted by molar-refractivity contribution is -0.128. The van der Waals surface area contributed by atoms with Crippen LogP contribution in [0.4, 0.5) is 0 Å². The fourth-order valence-corrected chi connectivity index (χ4v) is 2.65. The van der Waals surface area contributed by atoms with Crippen LogP contribution in [0.15, 0.2) is 28.7 Å². The molecule has 0 saturated heterocycles. The minimum Gasteiger partial charge on any atom is -0.352 e. The van der Waals surface area contributed by atoms with E-state index in [9.17, 15) is 14.4 Å². The van der Waals surface area contributed by atoms with Gasteiger partial charge in [-0.25, -0.2) is 4.98 Å². The van der Waals surface area contributed by atoms with E-state index in [1.54, 1.807) is 11.0 Å². The van der Waals surface area contributed by atoms with E-state index >= 15 is 0 Å². The highest BCUT2D eigenvalue weighted by molar-refractivity contribution is 7.99. The van der Waals surface area contributed by atoms with Crippen LogP contribution in [0.1, 0.15) is 19.5 Å². The van der Waals surface area contributed by atoms with Gasteiger partial charge in [0.25, 0.3) is 5.56 Å². The summed E-state index contributed by atoms with van der Waals surface area (Å²) < 4.78 is 0. The number of nitrogens with one attached hydrogen (secondary N) is 2. The maximum atomic E-state index is 12.0. The molecule has 0 radical (unpaired) electrons. The lowest BCUT2D eigenvalue weighted by atomic mass is 10.3. The van der Waals surface area contributed by atoms with E-state index in [2.05, 4.69) is 21.9 Å². The Morgan fingerprint density at radius 1 is 1.43 bits per heavy atom. The van der Waals surface area contributed by atoms with E-state index in [4.69, 9.17) is 0 Å². The number of carbonyl (C=O) groups is 2. The van der Waals surface area contributed by atoms with Gasteiger partial charge in [0.2, 0.25) is 11.8 Å². The summed E-state index contributed by atoms with van der Waals surface area (Å²) in [6.07, 6.45) is 1.58. The predicted octanol–water partition coefficient (Wildman–Crippen LogP) is 0.575.